The van der Waals surface area contributed by atoms with Crippen LogP contribution in [0, 0.1) is 6.07 Å². The van der Waals surface area contributed by atoms with E-state index < -0.39 is 0 Å². The molecule has 0 unspecified atom stereocenters. The second kappa shape index (κ2) is 8.39. The third-order valence-electron chi connectivity index (χ3n) is 7.15. The molecule has 0 aliphatic heterocycles. The van der Waals surface area contributed by atoms with Gasteiger partial charge in [-0.05, 0) is 57.9 Å². The molecule has 7 aromatic rings. The molecule has 5 heteroatoms. The SMILES string of the molecule is CC(C)(C)c1ccc(O)c(-c2cccc(-c3[c-]c4c(cc3)c3cccc5c6cccnc6n4c35)n2)c1.[Pt]. The fraction of sp³-hybridized carbons (Fsp3) is 0.125. The number of rotatable bonds is 2. The molecule has 4 aromatic heterocycles. The van der Waals surface area contributed by atoms with Crippen LogP contribution in [0.15, 0.2) is 85.1 Å². The van der Waals surface area contributed by atoms with Crippen LogP contribution in [0.5, 0.6) is 5.75 Å². The fourth-order valence-electron chi connectivity index (χ4n) is 5.30. The number of benzene rings is 3. The number of phenols is 1. The Balaban J connectivity index is 0.00000252. The predicted octanol–water partition coefficient (Wildman–Crippen LogP) is 7.76. The molecule has 184 valence electrons. The van der Waals surface area contributed by atoms with E-state index in [1.165, 1.54) is 16.3 Å². The molecule has 0 atom stereocenters. The third-order valence-corrected chi connectivity index (χ3v) is 7.15. The number of hydrogen-bond donors (Lipinski definition) is 1. The van der Waals surface area contributed by atoms with Gasteiger partial charge in [0.15, 0.2) is 0 Å². The molecule has 0 radical (unpaired) electrons. The summed E-state index contributed by atoms with van der Waals surface area (Å²) in [5.41, 5.74) is 7.44. The predicted molar refractivity (Wildman–Crippen MR) is 147 cm³/mol. The first-order valence-electron chi connectivity index (χ1n) is 12.2. The van der Waals surface area contributed by atoms with E-state index in [0.717, 1.165) is 50.0 Å². The summed E-state index contributed by atoms with van der Waals surface area (Å²) in [5.74, 6) is 0.230. The molecule has 0 spiro atoms. The van der Waals surface area contributed by atoms with Crippen LogP contribution >= 0.6 is 0 Å². The monoisotopic (exact) mass is 661 g/mol. The minimum atomic E-state index is -0.0261. The number of hydrogen-bond acceptors (Lipinski definition) is 3. The first kappa shape index (κ1) is 23.6. The van der Waals surface area contributed by atoms with Gasteiger partial charge in [-0.3, -0.25) is 4.98 Å². The number of para-hydroxylation sites is 1. The smallest absolute Gasteiger partial charge is 0.144 e. The summed E-state index contributed by atoms with van der Waals surface area (Å²) in [6, 6.07) is 30.2. The van der Waals surface area contributed by atoms with E-state index in [0.29, 0.717) is 0 Å². The summed E-state index contributed by atoms with van der Waals surface area (Å²) in [5, 5.41) is 15.4. The molecule has 0 bridgehead atoms. The maximum Gasteiger partial charge on any atom is 0.144 e. The van der Waals surface area contributed by atoms with Crippen molar-refractivity contribution in [3.8, 4) is 28.3 Å². The third kappa shape index (κ3) is 3.54. The van der Waals surface area contributed by atoms with Gasteiger partial charge >= 0.3 is 0 Å². The van der Waals surface area contributed by atoms with Crippen molar-refractivity contribution in [2.75, 3.05) is 0 Å². The fourth-order valence-corrected chi connectivity index (χ4v) is 5.30. The molecule has 37 heavy (non-hydrogen) atoms. The van der Waals surface area contributed by atoms with E-state index in [4.69, 9.17) is 9.97 Å². The maximum absolute atomic E-state index is 10.6. The normalized spacial score (nSPS) is 12.1. The van der Waals surface area contributed by atoms with Crippen LogP contribution in [0.3, 0.4) is 0 Å². The molecule has 0 amide bonds. The van der Waals surface area contributed by atoms with Gasteiger partial charge in [-0.25, -0.2) is 4.98 Å². The molecule has 1 N–H and O–H groups in total. The molecule has 4 heterocycles. The average molecular weight is 662 g/mol. The van der Waals surface area contributed by atoms with E-state index in [1.807, 2.05) is 42.6 Å². The summed E-state index contributed by atoms with van der Waals surface area (Å²) in [6.07, 6.45) is 1.84. The standard InChI is InChI=1S/C32H24N3O.Pt/c1-32(2,3)20-13-15-29(36)25(18-20)27-11-5-10-26(34-27)19-12-14-21-22-7-4-8-23-24-9-6-16-33-31(24)35(30(22)23)28(21)17-19;/h4-16,18,36H,1-3H3;/q-1;. The van der Waals surface area contributed by atoms with Crippen LogP contribution in [0.2, 0.25) is 0 Å². The molecule has 0 saturated heterocycles. The summed E-state index contributed by atoms with van der Waals surface area (Å²) < 4.78 is 2.22. The quantitative estimate of drug-likeness (QED) is 0.193. The molecule has 3 aromatic carbocycles. The number of nitrogens with zero attached hydrogens (tertiary/aromatic N) is 3. The first-order valence-corrected chi connectivity index (χ1v) is 12.2. The van der Waals surface area contributed by atoms with Crippen LogP contribution in [0.4, 0.5) is 0 Å². The van der Waals surface area contributed by atoms with Crippen molar-refractivity contribution >= 4 is 38.2 Å². The second-order valence-corrected chi connectivity index (χ2v) is 10.4. The first-order chi connectivity index (χ1) is 17.4. The zero-order valence-corrected chi connectivity index (χ0v) is 23.0. The Bertz CT molecular complexity index is 1950. The molecule has 7 rings (SSSR count). The Kier molecular flexibility index (Phi) is 5.36. The number of aromatic nitrogens is 3. The zero-order chi connectivity index (χ0) is 24.6. The van der Waals surface area contributed by atoms with Crippen molar-refractivity contribution in [3.05, 3.63) is 96.7 Å². The molecule has 0 fully saturated rings. The number of fused-ring (bicyclic) bond motifs is 6. The Labute approximate surface area is 229 Å². The summed E-state index contributed by atoms with van der Waals surface area (Å²) in [7, 11) is 0. The van der Waals surface area contributed by atoms with Crippen molar-refractivity contribution in [3.63, 3.8) is 0 Å². The molecule has 0 saturated carbocycles. The van der Waals surface area contributed by atoms with Crippen molar-refractivity contribution in [2.24, 2.45) is 0 Å². The van der Waals surface area contributed by atoms with Gasteiger partial charge in [0.1, 0.15) is 11.4 Å². The van der Waals surface area contributed by atoms with Crippen LogP contribution in [0.1, 0.15) is 26.3 Å². The Hall–Kier alpha value is -3.75. The summed E-state index contributed by atoms with van der Waals surface area (Å²) in [4.78, 5) is 9.67. The Morgan fingerprint density at radius 1 is 0.784 bits per heavy atom. The largest absolute Gasteiger partial charge is 0.507 e. The van der Waals surface area contributed by atoms with Crippen molar-refractivity contribution in [1.29, 1.82) is 0 Å². The van der Waals surface area contributed by atoms with Crippen LogP contribution < -0.4 is 0 Å². The van der Waals surface area contributed by atoms with E-state index in [2.05, 4.69) is 67.6 Å². The van der Waals surface area contributed by atoms with Gasteiger partial charge in [0, 0.05) is 43.6 Å². The van der Waals surface area contributed by atoms with Gasteiger partial charge in [0.25, 0.3) is 0 Å². The molecule has 0 aliphatic carbocycles. The Morgan fingerprint density at radius 3 is 2.32 bits per heavy atom. The number of pyridine rings is 2. The van der Waals surface area contributed by atoms with Crippen molar-refractivity contribution < 1.29 is 26.2 Å². The summed E-state index contributed by atoms with van der Waals surface area (Å²) >= 11 is 0. The van der Waals surface area contributed by atoms with Gasteiger partial charge < -0.3 is 9.51 Å². The second-order valence-electron chi connectivity index (χ2n) is 10.4. The van der Waals surface area contributed by atoms with Crippen LogP contribution in [-0.2, 0) is 26.5 Å². The van der Waals surface area contributed by atoms with Gasteiger partial charge in [0.2, 0.25) is 0 Å². The van der Waals surface area contributed by atoms with Crippen molar-refractivity contribution in [2.45, 2.75) is 26.2 Å². The minimum Gasteiger partial charge on any atom is -0.507 e. The van der Waals surface area contributed by atoms with Crippen LogP contribution in [0.25, 0.3) is 60.7 Å². The van der Waals surface area contributed by atoms with Gasteiger partial charge in [-0.1, -0.05) is 62.6 Å². The van der Waals surface area contributed by atoms with Crippen LogP contribution in [-0.4, -0.2) is 19.5 Å². The molecule has 4 nitrogen and oxygen atoms in total. The minimum absolute atomic E-state index is 0. The van der Waals surface area contributed by atoms with Gasteiger partial charge in [-0.2, -0.15) is 0 Å². The number of phenolic OH excluding ortho intramolecular Hbond substituents is 1. The van der Waals surface area contributed by atoms with E-state index in [9.17, 15) is 5.11 Å². The zero-order valence-electron chi connectivity index (χ0n) is 20.7. The topological polar surface area (TPSA) is 50.4 Å². The number of aromatic hydroxyl groups is 1. The van der Waals surface area contributed by atoms with Gasteiger partial charge in [0.05, 0.1) is 11.2 Å². The van der Waals surface area contributed by atoms with E-state index in [1.54, 1.807) is 6.07 Å². The van der Waals surface area contributed by atoms with E-state index >= 15 is 0 Å². The van der Waals surface area contributed by atoms with E-state index in [-0.39, 0.29) is 32.2 Å². The molecule has 0 aliphatic rings. The molecular formula is C32H24N3OPt-. The summed E-state index contributed by atoms with van der Waals surface area (Å²) in [6.45, 7) is 6.50. The van der Waals surface area contributed by atoms with Gasteiger partial charge in [-0.15, -0.1) is 23.8 Å². The average Bonchev–Trinajstić information content (AvgIpc) is 3.40. The maximum atomic E-state index is 10.6. The molecular weight excluding hydrogens is 637 g/mol. The Morgan fingerprint density at radius 2 is 1.51 bits per heavy atom. The van der Waals surface area contributed by atoms with Crippen molar-refractivity contribution in [1.82, 2.24) is 14.4 Å².